The number of carbonyl (C=O) groups excluding carboxylic acids is 3. The van der Waals surface area contributed by atoms with Gasteiger partial charge in [-0.3, -0.25) is 19.8 Å². The van der Waals surface area contributed by atoms with Crippen molar-refractivity contribution in [3.63, 3.8) is 0 Å². The van der Waals surface area contributed by atoms with Crippen molar-refractivity contribution < 1.29 is 14.4 Å². The Bertz CT molecular complexity index is 332. The van der Waals surface area contributed by atoms with Gasteiger partial charge in [0.2, 0.25) is 11.8 Å². The van der Waals surface area contributed by atoms with Gasteiger partial charge in [-0.05, 0) is 26.8 Å². The van der Waals surface area contributed by atoms with Crippen LogP contribution in [-0.4, -0.2) is 55.0 Å². The monoisotopic (exact) mass is 286 g/mol. The fourth-order valence-electron chi connectivity index (χ4n) is 1.50. The minimum atomic E-state index is -0.500. The van der Waals surface area contributed by atoms with E-state index in [-0.39, 0.29) is 25.0 Å². The minimum Gasteiger partial charge on any atom is -0.353 e. The molecule has 0 atom stereocenters. The van der Waals surface area contributed by atoms with E-state index in [2.05, 4.69) is 16.0 Å². The highest BCUT2D eigenvalue weighted by molar-refractivity contribution is 5.95. The van der Waals surface area contributed by atoms with Crippen LogP contribution < -0.4 is 16.0 Å². The van der Waals surface area contributed by atoms with Crippen LogP contribution in [0.1, 0.15) is 34.1 Å². The molecule has 7 nitrogen and oxygen atoms in total. The van der Waals surface area contributed by atoms with Gasteiger partial charge < -0.3 is 10.6 Å². The van der Waals surface area contributed by atoms with Crippen molar-refractivity contribution in [2.75, 3.05) is 26.2 Å². The summed E-state index contributed by atoms with van der Waals surface area (Å²) < 4.78 is 0. The topological polar surface area (TPSA) is 90.5 Å². The molecule has 0 aliphatic carbocycles. The standard InChI is InChI=1S/C13H26N4O3/c1-5-7-14-13(20)16-12(19)9-17(6-2)8-11(18)15-10(3)4/h10H,5-9H2,1-4H3,(H,15,18)(H2,14,16,19,20). The van der Waals surface area contributed by atoms with Crippen molar-refractivity contribution in [3.05, 3.63) is 0 Å². The molecule has 0 aromatic rings. The lowest BCUT2D eigenvalue weighted by atomic mass is 10.3. The molecule has 0 unspecified atom stereocenters. The van der Waals surface area contributed by atoms with E-state index in [1.165, 1.54) is 0 Å². The number of hydrogen-bond acceptors (Lipinski definition) is 4. The largest absolute Gasteiger partial charge is 0.353 e. The summed E-state index contributed by atoms with van der Waals surface area (Å²) in [5.74, 6) is -0.553. The van der Waals surface area contributed by atoms with Crippen molar-refractivity contribution in [1.29, 1.82) is 0 Å². The number of amides is 4. The van der Waals surface area contributed by atoms with Gasteiger partial charge in [-0.15, -0.1) is 0 Å². The quantitative estimate of drug-likeness (QED) is 0.589. The lowest BCUT2D eigenvalue weighted by Gasteiger charge is -2.19. The normalized spacial score (nSPS) is 10.5. The van der Waals surface area contributed by atoms with E-state index in [1.54, 1.807) is 4.90 Å². The first kappa shape index (κ1) is 18.4. The van der Waals surface area contributed by atoms with Gasteiger partial charge in [0, 0.05) is 12.6 Å². The molecule has 0 bridgehead atoms. The average molecular weight is 286 g/mol. The molecule has 20 heavy (non-hydrogen) atoms. The third-order valence-corrected chi connectivity index (χ3v) is 2.42. The lowest BCUT2D eigenvalue weighted by Crippen LogP contribution is -2.47. The van der Waals surface area contributed by atoms with Crippen LogP contribution in [0, 0.1) is 0 Å². The summed E-state index contributed by atoms with van der Waals surface area (Å²) in [7, 11) is 0. The number of hydrogen-bond donors (Lipinski definition) is 3. The molecule has 0 aromatic heterocycles. The van der Waals surface area contributed by atoms with Crippen molar-refractivity contribution in [3.8, 4) is 0 Å². The van der Waals surface area contributed by atoms with E-state index in [9.17, 15) is 14.4 Å². The van der Waals surface area contributed by atoms with Crippen LogP contribution >= 0.6 is 0 Å². The molecule has 0 heterocycles. The maximum atomic E-state index is 11.6. The average Bonchev–Trinajstić information content (AvgIpc) is 2.34. The second-order valence-electron chi connectivity index (χ2n) is 4.83. The molecule has 0 aromatic carbocycles. The molecule has 0 saturated carbocycles. The van der Waals surface area contributed by atoms with Gasteiger partial charge in [-0.2, -0.15) is 0 Å². The predicted molar refractivity (Wildman–Crippen MR) is 77.2 cm³/mol. The summed E-state index contributed by atoms with van der Waals surface area (Å²) in [6.45, 7) is 8.75. The van der Waals surface area contributed by atoms with Gasteiger partial charge in [0.15, 0.2) is 0 Å². The third-order valence-electron chi connectivity index (χ3n) is 2.42. The summed E-state index contributed by atoms with van der Waals surface area (Å²) in [5, 5.41) is 7.54. The van der Waals surface area contributed by atoms with E-state index in [1.807, 2.05) is 27.7 Å². The second kappa shape index (κ2) is 10.2. The van der Waals surface area contributed by atoms with Crippen molar-refractivity contribution in [2.45, 2.75) is 40.2 Å². The Morgan fingerprint density at radius 2 is 1.65 bits per heavy atom. The van der Waals surface area contributed by atoms with E-state index < -0.39 is 11.9 Å². The first-order chi connectivity index (χ1) is 9.38. The number of rotatable bonds is 8. The van der Waals surface area contributed by atoms with Gasteiger partial charge in [0.05, 0.1) is 13.1 Å². The molecular weight excluding hydrogens is 260 g/mol. The highest BCUT2D eigenvalue weighted by Crippen LogP contribution is 1.89. The van der Waals surface area contributed by atoms with Crippen LogP contribution in [0.25, 0.3) is 0 Å². The molecule has 3 N–H and O–H groups in total. The van der Waals surface area contributed by atoms with Crippen molar-refractivity contribution >= 4 is 17.8 Å². The van der Waals surface area contributed by atoms with E-state index >= 15 is 0 Å². The van der Waals surface area contributed by atoms with Crippen LogP contribution in [0.3, 0.4) is 0 Å². The molecule has 0 aliphatic heterocycles. The Morgan fingerprint density at radius 3 is 2.15 bits per heavy atom. The molecule has 0 fully saturated rings. The number of carbonyl (C=O) groups is 3. The van der Waals surface area contributed by atoms with Crippen molar-refractivity contribution in [2.24, 2.45) is 0 Å². The van der Waals surface area contributed by atoms with E-state index in [4.69, 9.17) is 0 Å². The second-order valence-corrected chi connectivity index (χ2v) is 4.83. The maximum Gasteiger partial charge on any atom is 0.321 e. The Kier molecular flexibility index (Phi) is 9.36. The maximum absolute atomic E-state index is 11.6. The van der Waals surface area contributed by atoms with Crippen molar-refractivity contribution in [1.82, 2.24) is 20.9 Å². The fraction of sp³-hybridized carbons (Fsp3) is 0.769. The Morgan fingerprint density at radius 1 is 1.05 bits per heavy atom. The molecule has 0 spiro atoms. The zero-order chi connectivity index (χ0) is 15.5. The fourth-order valence-corrected chi connectivity index (χ4v) is 1.50. The first-order valence-electron chi connectivity index (χ1n) is 6.98. The molecule has 7 heteroatoms. The molecular formula is C13H26N4O3. The van der Waals surface area contributed by atoms with Gasteiger partial charge in [0.1, 0.15) is 0 Å². The number of urea groups is 1. The molecule has 116 valence electrons. The molecule has 0 saturated heterocycles. The predicted octanol–water partition coefficient (Wildman–Crippen LogP) is 0.0687. The summed E-state index contributed by atoms with van der Waals surface area (Å²) in [6, 6.07) is -0.436. The van der Waals surface area contributed by atoms with Crippen LogP contribution in [0.15, 0.2) is 0 Å². The Labute approximate surface area is 120 Å². The summed E-state index contributed by atoms with van der Waals surface area (Å²) >= 11 is 0. The Balaban J connectivity index is 4.12. The van der Waals surface area contributed by atoms with Crippen LogP contribution in [-0.2, 0) is 9.59 Å². The molecule has 0 aliphatic rings. The van der Waals surface area contributed by atoms with E-state index in [0.717, 1.165) is 6.42 Å². The van der Waals surface area contributed by atoms with Gasteiger partial charge in [-0.1, -0.05) is 13.8 Å². The number of nitrogens with one attached hydrogen (secondary N) is 3. The minimum absolute atomic E-state index is 0.0154. The SMILES string of the molecule is CCCNC(=O)NC(=O)CN(CC)CC(=O)NC(C)C. The zero-order valence-electron chi connectivity index (χ0n) is 12.8. The smallest absolute Gasteiger partial charge is 0.321 e. The number of likely N-dealkylation sites (N-methyl/N-ethyl adjacent to an activating group) is 1. The third kappa shape index (κ3) is 9.32. The van der Waals surface area contributed by atoms with Gasteiger partial charge in [0.25, 0.3) is 0 Å². The van der Waals surface area contributed by atoms with Crippen LogP contribution in [0.2, 0.25) is 0 Å². The molecule has 0 radical (unpaired) electrons. The Hall–Kier alpha value is -1.63. The summed E-state index contributed by atoms with van der Waals surface area (Å²) in [5.41, 5.74) is 0. The first-order valence-corrected chi connectivity index (χ1v) is 6.98. The zero-order valence-corrected chi connectivity index (χ0v) is 12.8. The van der Waals surface area contributed by atoms with E-state index in [0.29, 0.717) is 13.1 Å². The number of imide groups is 1. The molecule has 0 rings (SSSR count). The number of nitrogens with zero attached hydrogens (tertiary/aromatic N) is 1. The molecule has 4 amide bonds. The lowest BCUT2D eigenvalue weighted by molar-refractivity contribution is -0.124. The van der Waals surface area contributed by atoms with Gasteiger partial charge in [-0.25, -0.2) is 4.79 Å². The van der Waals surface area contributed by atoms with Gasteiger partial charge >= 0.3 is 6.03 Å². The highest BCUT2D eigenvalue weighted by Gasteiger charge is 2.15. The van der Waals surface area contributed by atoms with Crippen LogP contribution in [0.5, 0.6) is 0 Å². The summed E-state index contributed by atoms with van der Waals surface area (Å²) in [6.07, 6.45) is 0.804. The highest BCUT2D eigenvalue weighted by atomic mass is 16.2. The summed E-state index contributed by atoms with van der Waals surface area (Å²) in [4.78, 5) is 36.2. The van der Waals surface area contributed by atoms with Crippen LogP contribution in [0.4, 0.5) is 4.79 Å².